The summed E-state index contributed by atoms with van der Waals surface area (Å²) in [7, 11) is 0. The van der Waals surface area contributed by atoms with E-state index >= 15 is 0 Å². The van der Waals surface area contributed by atoms with Crippen LogP contribution >= 0.6 is 0 Å². The molecule has 21 heavy (non-hydrogen) atoms. The van der Waals surface area contributed by atoms with E-state index < -0.39 is 11.5 Å². The van der Waals surface area contributed by atoms with E-state index in [1.54, 1.807) is 0 Å². The molecule has 1 aliphatic heterocycles. The first kappa shape index (κ1) is 18.4. The minimum Gasteiger partial charge on any atom is -0.465 e. The average molecular weight is 302 g/mol. The fourth-order valence-corrected chi connectivity index (χ4v) is 2.75. The lowest BCUT2D eigenvalue weighted by Gasteiger charge is -2.25. The lowest BCUT2D eigenvalue weighted by Crippen LogP contribution is -2.35. The molecule has 5 atom stereocenters. The van der Waals surface area contributed by atoms with Crippen molar-refractivity contribution >= 4 is 5.97 Å². The molecule has 0 unspecified atom stereocenters. The number of aliphatic hydroxyl groups excluding tert-OH is 2. The van der Waals surface area contributed by atoms with Crippen LogP contribution in [0, 0.1) is 17.3 Å². The van der Waals surface area contributed by atoms with Gasteiger partial charge in [0.2, 0.25) is 0 Å². The molecule has 0 spiro atoms. The maximum Gasteiger partial charge on any atom is 0.311 e. The van der Waals surface area contributed by atoms with E-state index in [1.165, 1.54) is 0 Å². The Balaban J connectivity index is 2.46. The zero-order valence-corrected chi connectivity index (χ0v) is 13.8. The van der Waals surface area contributed by atoms with Crippen molar-refractivity contribution in [3.05, 3.63) is 0 Å². The van der Waals surface area contributed by atoms with Gasteiger partial charge in [-0.15, -0.1) is 0 Å². The molecule has 0 bridgehead atoms. The molecule has 5 heteroatoms. The van der Waals surface area contributed by atoms with E-state index in [4.69, 9.17) is 14.6 Å². The molecule has 1 aliphatic rings. The molecular formula is C16H30O5. The summed E-state index contributed by atoms with van der Waals surface area (Å²) in [5.74, 6) is 0.186. The molecule has 0 amide bonds. The fraction of sp³-hybridized carbons (Fsp3) is 0.938. The van der Waals surface area contributed by atoms with Gasteiger partial charge in [0.15, 0.2) is 0 Å². The Labute approximate surface area is 127 Å². The number of rotatable bonds is 6. The minimum atomic E-state index is -0.843. The number of esters is 1. The summed E-state index contributed by atoms with van der Waals surface area (Å²) < 4.78 is 11.0. The Morgan fingerprint density at radius 1 is 1.43 bits per heavy atom. The van der Waals surface area contributed by atoms with Gasteiger partial charge in [-0.2, -0.15) is 0 Å². The molecule has 0 aliphatic carbocycles. The van der Waals surface area contributed by atoms with Crippen molar-refractivity contribution in [2.45, 2.75) is 65.8 Å². The highest BCUT2D eigenvalue weighted by atomic mass is 16.5. The van der Waals surface area contributed by atoms with Crippen molar-refractivity contribution in [3.63, 3.8) is 0 Å². The van der Waals surface area contributed by atoms with Gasteiger partial charge in [0.1, 0.15) is 6.10 Å². The molecule has 1 heterocycles. The maximum absolute atomic E-state index is 11.8. The molecular weight excluding hydrogens is 272 g/mol. The van der Waals surface area contributed by atoms with Gasteiger partial charge < -0.3 is 19.7 Å². The van der Waals surface area contributed by atoms with Gasteiger partial charge in [-0.25, -0.2) is 0 Å². The third kappa shape index (κ3) is 5.57. The standard InChI is InChI=1S/C16H30O5/c1-10(9-20-15(19)16(3,4)5)6-12-7-11(2)21-14(12)13(18)8-17/h10-14,17-18H,6-9H2,1-5H3/t10-,11+,12-,13-,14+/m1/s1. The molecule has 0 aromatic carbocycles. The van der Waals surface area contributed by atoms with Gasteiger partial charge in [0.05, 0.1) is 30.8 Å². The SMILES string of the molecule is C[C@@H](COC(=O)C(C)(C)C)C[C@@H]1C[C@H](C)O[C@@H]1[C@H](O)CO. The summed E-state index contributed by atoms with van der Waals surface area (Å²) >= 11 is 0. The van der Waals surface area contributed by atoms with E-state index in [0.717, 1.165) is 12.8 Å². The van der Waals surface area contributed by atoms with E-state index in [0.29, 0.717) is 6.61 Å². The molecule has 1 saturated heterocycles. The smallest absolute Gasteiger partial charge is 0.311 e. The van der Waals surface area contributed by atoms with Crippen LogP contribution in [0.15, 0.2) is 0 Å². The Kier molecular flexibility index (Phi) is 6.63. The summed E-state index contributed by atoms with van der Waals surface area (Å²) in [6.45, 7) is 9.59. The van der Waals surface area contributed by atoms with E-state index in [9.17, 15) is 9.90 Å². The van der Waals surface area contributed by atoms with Gasteiger partial charge in [-0.3, -0.25) is 4.79 Å². The Morgan fingerprint density at radius 3 is 2.57 bits per heavy atom. The van der Waals surface area contributed by atoms with Crippen LogP contribution in [0.1, 0.15) is 47.5 Å². The third-order valence-corrected chi connectivity index (χ3v) is 3.87. The van der Waals surface area contributed by atoms with Gasteiger partial charge in [0, 0.05) is 0 Å². The number of aliphatic hydroxyl groups is 2. The Hall–Kier alpha value is -0.650. The van der Waals surface area contributed by atoms with Crippen LogP contribution in [0.2, 0.25) is 0 Å². The largest absolute Gasteiger partial charge is 0.465 e. The van der Waals surface area contributed by atoms with Crippen molar-refractivity contribution in [3.8, 4) is 0 Å². The van der Waals surface area contributed by atoms with Gasteiger partial charge in [-0.05, 0) is 52.4 Å². The number of carbonyl (C=O) groups is 1. The first-order valence-corrected chi connectivity index (χ1v) is 7.76. The molecule has 5 nitrogen and oxygen atoms in total. The normalized spacial score (nSPS) is 29.2. The van der Waals surface area contributed by atoms with Crippen LogP contribution in [0.25, 0.3) is 0 Å². The van der Waals surface area contributed by atoms with Crippen LogP contribution in [0.5, 0.6) is 0 Å². The van der Waals surface area contributed by atoms with Crippen molar-refractivity contribution in [2.75, 3.05) is 13.2 Å². The molecule has 1 rings (SSSR count). The summed E-state index contributed by atoms with van der Waals surface area (Å²) in [5.41, 5.74) is -0.486. The quantitative estimate of drug-likeness (QED) is 0.731. The lowest BCUT2D eigenvalue weighted by molar-refractivity contribution is -0.154. The summed E-state index contributed by atoms with van der Waals surface area (Å²) in [6, 6.07) is 0. The zero-order valence-electron chi connectivity index (χ0n) is 13.8. The predicted molar refractivity (Wildman–Crippen MR) is 79.7 cm³/mol. The summed E-state index contributed by atoms with van der Waals surface area (Å²) in [6.07, 6.45) is 0.587. The average Bonchev–Trinajstić information content (AvgIpc) is 2.74. The van der Waals surface area contributed by atoms with Gasteiger partial charge in [0.25, 0.3) is 0 Å². The number of ether oxygens (including phenoxy) is 2. The van der Waals surface area contributed by atoms with Crippen molar-refractivity contribution in [1.29, 1.82) is 0 Å². The van der Waals surface area contributed by atoms with Crippen LogP contribution in [-0.2, 0) is 14.3 Å². The molecule has 124 valence electrons. The number of hydrogen-bond acceptors (Lipinski definition) is 5. The highest BCUT2D eigenvalue weighted by Gasteiger charge is 2.38. The van der Waals surface area contributed by atoms with E-state index in [-0.39, 0.29) is 36.6 Å². The molecule has 1 fully saturated rings. The third-order valence-electron chi connectivity index (χ3n) is 3.87. The molecule has 0 radical (unpaired) electrons. The Morgan fingerprint density at radius 2 is 2.05 bits per heavy atom. The molecule has 2 N–H and O–H groups in total. The van der Waals surface area contributed by atoms with Crippen LogP contribution in [0.3, 0.4) is 0 Å². The van der Waals surface area contributed by atoms with Gasteiger partial charge in [-0.1, -0.05) is 6.92 Å². The van der Waals surface area contributed by atoms with Crippen molar-refractivity contribution in [1.82, 2.24) is 0 Å². The monoisotopic (exact) mass is 302 g/mol. The maximum atomic E-state index is 11.8. The fourth-order valence-electron chi connectivity index (χ4n) is 2.75. The van der Waals surface area contributed by atoms with Crippen molar-refractivity contribution < 1.29 is 24.5 Å². The highest BCUT2D eigenvalue weighted by molar-refractivity contribution is 5.75. The number of carbonyl (C=O) groups excluding carboxylic acids is 1. The predicted octanol–water partition coefficient (Wildman–Crippen LogP) is 1.75. The van der Waals surface area contributed by atoms with Crippen LogP contribution < -0.4 is 0 Å². The second kappa shape index (κ2) is 7.56. The highest BCUT2D eigenvalue weighted by Crippen LogP contribution is 2.33. The molecule has 0 aromatic rings. The summed E-state index contributed by atoms with van der Waals surface area (Å²) in [5, 5.41) is 18.9. The Bertz CT molecular complexity index is 336. The number of hydrogen-bond donors (Lipinski definition) is 2. The van der Waals surface area contributed by atoms with Crippen LogP contribution in [0.4, 0.5) is 0 Å². The van der Waals surface area contributed by atoms with Crippen LogP contribution in [-0.4, -0.2) is 47.7 Å². The minimum absolute atomic E-state index is 0.0884. The first-order chi connectivity index (χ1) is 9.65. The molecule has 0 saturated carbocycles. The summed E-state index contributed by atoms with van der Waals surface area (Å²) in [4.78, 5) is 11.8. The van der Waals surface area contributed by atoms with E-state index in [1.807, 2.05) is 34.6 Å². The van der Waals surface area contributed by atoms with E-state index in [2.05, 4.69) is 0 Å². The topological polar surface area (TPSA) is 76.0 Å². The van der Waals surface area contributed by atoms with Gasteiger partial charge >= 0.3 is 5.97 Å². The lowest BCUT2D eigenvalue weighted by atomic mass is 9.87. The molecule has 0 aromatic heterocycles. The second-order valence-electron chi connectivity index (χ2n) is 7.35. The first-order valence-electron chi connectivity index (χ1n) is 7.76. The zero-order chi connectivity index (χ0) is 16.2. The second-order valence-corrected chi connectivity index (χ2v) is 7.35. The van der Waals surface area contributed by atoms with Crippen molar-refractivity contribution in [2.24, 2.45) is 17.3 Å².